The van der Waals surface area contributed by atoms with Gasteiger partial charge < -0.3 is 15.6 Å². The molecule has 0 amide bonds. The summed E-state index contributed by atoms with van der Waals surface area (Å²) in [5.41, 5.74) is 3.59. The number of guanidine groups is 1. The number of H-pyrrole nitrogens is 1. The number of anilines is 1. The lowest BCUT2D eigenvalue weighted by molar-refractivity contribution is 0.959. The lowest BCUT2D eigenvalue weighted by Gasteiger charge is -2.09. The number of fused-ring (bicyclic) bond motifs is 1. The smallest absolute Gasteiger partial charge is 0.195 e. The number of hydrogen-bond acceptors (Lipinski definition) is 3. The first-order chi connectivity index (χ1) is 9.36. The Bertz CT molecular complexity index is 637. The van der Waals surface area contributed by atoms with E-state index in [0.29, 0.717) is 0 Å². The van der Waals surface area contributed by atoms with E-state index in [4.69, 9.17) is 0 Å². The molecule has 2 aromatic rings. The Morgan fingerprint density at radius 2 is 2.37 bits per heavy atom. The fourth-order valence-corrected chi connectivity index (χ4v) is 2.35. The van der Waals surface area contributed by atoms with Crippen molar-refractivity contribution in [2.75, 3.05) is 18.4 Å². The van der Waals surface area contributed by atoms with Crippen molar-refractivity contribution >= 4 is 22.5 Å². The van der Waals surface area contributed by atoms with E-state index in [9.17, 15) is 0 Å². The molecule has 0 spiro atoms. The van der Waals surface area contributed by atoms with Crippen LogP contribution in [0.1, 0.15) is 12.5 Å². The highest BCUT2D eigenvalue weighted by molar-refractivity contribution is 5.97. The number of benzene rings is 1. The van der Waals surface area contributed by atoms with Crippen LogP contribution >= 0.6 is 0 Å². The Hall–Kier alpha value is -2.23. The van der Waals surface area contributed by atoms with Crippen LogP contribution in [0.3, 0.4) is 0 Å². The first-order valence-electron chi connectivity index (χ1n) is 6.63. The van der Waals surface area contributed by atoms with Crippen molar-refractivity contribution in [2.24, 2.45) is 4.99 Å². The minimum Gasteiger partial charge on any atom is -0.361 e. The molecule has 0 radical (unpaired) electrons. The summed E-state index contributed by atoms with van der Waals surface area (Å²) in [4.78, 5) is 7.67. The van der Waals surface area contributed by atoms with E-state index in [1.807, 2.05) is 13.1 Å². The van der Waals surface area contributed by atoms with Gasteiger partial charge in [0.2, 0.25) is 0 Å². The summed E-state index contributed by atoms with van der Waals surface area (Å²) in [5.74, 6) is 0.867. The monoisotopic (exact) mass is 254 g/mol. The number of allylic oxidation sites excluding steroid dienone is 2. The van der Waals surface area contributed by atoms with Crippen LogP contribution in [0.4, 0.5) is 5.69 Å². The molecule has 98 valence electrons. The number of nitrogens with one attached hydrogen (secondary N) is 3. The van der Waals surface area contributed by atoms with Crippen molar-refractivity contribution in [1.82, 2.24) is 10.3 Å². The fourth-order valence-electron chi connectivity index (χ4n) is 2.35. The number of aromatic nitrogens is 1. The lowest BCUT2D eigenvalue weighted by Crippen LogP contribution is -2.26. The molecule has 1 aromatic heterocycles. The van der Waals surface area contributed by atoms with Crippen LogP contribution < -0.4 is 10.6 Å². The molecule has 3 rings (SSSR count). The maximum atomic E-state index is 4.36. The van der Waals surface area contributed by atoms with Gasteiger partial charge in [0.25, 0.3) is 0 Å². The first kappa shape index (κ1) is 11.8. The molecule has 0 atom stereocenters. The van der Waals surface area contributed by atoms with Gasteiger partial charge in [-0.1, -0.05) is 12.2 Å². The third-order valence-electron chi connectivity index (χ3n) is 3.25. The number of hydrogen-bond donors (Lipinski definition) is 3. The van der Waals surface area contributed by atoms with Crippen molar-refractivity contribution in [2.45, 2.75) is 13.3 Å². The maximum Gasteiger partial charge on any atom is 0.195 e. The Labute approximate surface area is 112 Å². The number of rotatable bonds is 3. The third kappa shape index (κ3) is 2.47. The average molecular weight is 254 g/mol. The Kier molecular flexibility index (Phi) is 3.23. The van der Waals surface area contributed by atoms with Gasteiger partial charge >= 0.3 is 0 Å². The van der Waals surface area contributed by atoms with Crippen LogP contribution in [-0.2, 0) is 6.42 Å². The highest BCUT2D eigenvalue weighted by Gasteiger charge is 2.08. The van der Waals surface area contributed by atoms with Crippen LogP contribution in [0, 0.1) is 0 Å². The van der Waals surface area contributed by atoms with E-state index in [-0.39, 0.29) is 0 Å². The summed E-state index contributed by atoms with van der Waals surface area (Å²) < 4.78 is 0. The standard InChI is InChI=1S/C15H18N4/c1-2-3-4-11-9-13(19-15-17-7-8-18-15)10-12-5-6-16-14(11)12/h2-3,5-6,9-10,16H,4,7-8H2,1H3,(H2,17,18,19). The van der Waals surface area contributed by atoms with E-state index in [0.717, 1.165) is 31.2 Å². The van der Waals surface area contributed by atoms with Crippen LogP contribution in [0.15, 0.2) is 41.5 Å². The van der Waals surface area contributed by atoms with Gasteiger partial charge in [0.1, 0.15) is 0 Å². The van der Waals surface area contributed by atoms with E-state index >= 15 is 0 Å². The minimum atomic E-state index is 0.847. The second-order valence-electron chi connectivity index (χ2n) is 4.63. The van der Waals surface area contributed by atoms with Crippen LogP contribution in [0.2, 0.25) is 0 Å². The molecule has 0 saturated carbocycles. The summed E-state index contributed by atoms with van der Waals surface area (Å²) in [6.07, 6.45) is 7.17. The van der Waals surface area contributed by atoms with Crippen molar-refractivity contribution in [3.8, 4) is 0 Å². The van der Waals surface area contributed by atoms with Gasteiger partial charge in [-0.15, -0.1) is 0 Å². The Morgan fingerprint density at radius 1 is 1.42 bits per heavy atom. The lowest BCUT2D eigenvalue weighted by atomic mass is 10.1. The Morgan fingerprint density at radius 3 is 3.16 bits per heavy atom. The van der Waals surface area contributed by atoms with E-state index in [1.54, 1.807) is 0 Å². The van der Waals surface area contributed by atoms with Crippen LogP contribution in [0.25, 0.3) is 10.9 Å². The quantitative estimate of drug-likeness (QED) is 0.738. The van der Waals surface area contributed by atoms with Gasteiger partial charge in [-0.3, -0.25) is 4.99 Å². The molecule has 0 unspecified atom stereocenters. The van der Waals surface area contributed by atoms with Crippen molar-refractivity contribution in [3.63, 3.8) is 0 Å². The topological polar surface area (TPSA) is 52.2 Å². The zero-order valence-corrected chi connectivity index (χ0v) is 11.0. The van der Waals surface area contributed by atoms with Crippen molar-refractivity contribution in [1.29, 1.82) is 0 Å². The minimum absolute atomic E-state index is 0.847. The molecule has 0 saturated heterocycles. The predicted molar refractivity (Wildman–Crippen MR) is 80.7 cm³/mol. The van der Waals surface area contributed by atoms with Gasteiger partial charge in [-0.2, -0.15) is 0 Å². The SMILES string of the molecule is CC=CCc1cc(NC2=NCCN2)cc2cc[nH]c12. The summed E-state index contributed by atoms with van der Waals surface area (Å²) in [5, 5.41) is 7.79. The molecular weight excluding hydrogens is 236 g/mol. The average Bonchev–Trinajstić information content (AvgIpc) is 3.06. The van der Waals surface area contributed by atoms with Crippen LogP contribution in [0.5, 0.6) is 0 Å². The maximum absolute atomic E-state index is 4.36. The third-order valence-corrected chi connectivity index (χ3v) is 3.25. The van der Waals surface area contributed by atoms with E-state index < -0.39 is 0 Å². The van der Waals surface area contributed by atoms with Crippen LogP contribution in [-0.4, -0.2) is 24.0 Å². The normalized spacial score (nSPS) is 14.9. The molecule has 0 aliphatic carbocycles. The molecule has 2 heterocycles. The second kappa shape index (κ2) is 5.18. The van der Waals surface area contributed by atoms with Crippen molar-refractivity contribution < 1.29 is 0 Å². The van der Waals surface area contributed by atoms with Gasteiger partial charge in [-0.25, -0.2) is 0 Å². The number of aliphatic imine (C=N–C) groups is 1. The molecule has 1 aromatic carbocycles. The van der Waals surface area contributed by atoms with Gasteiger partial charge in [0.15, 0.2) is 5.96 Å². The molecular formula is C15H18N4. The zero-order chi connectivity index (χ0) is 13.1. The molecule has 0 bridgehead atoms. The molecule has 1 aliphatic rings. The second-order valence-corrected chi connectivity index (χ2v) is 4.63. The molecule has 4 nitrogen and oxygen atoms in total. The summed E-state index contributed by atoms with van der Waals surface area (Å²) in [6.45, 7) is 3.81. The van der Waals surface area contributed by atoms with Gasteiger partial charge in [0, 0.05) is 29.3 Å². The summed E-state index contributed by atoms with van der Waals surface area (Å²) >= 11 is 0. The van der Waals surface area contributed by atoms with E-state index in [2.05, 4.69) is 51.0 Å². The van der Waals surface area contributed by atoms with Gasteiger partial charge in [0.05, 0.1) is 6.54 Å². The Balaban J connectivity index is 1.95. The highest BCUT2D eigenvalue weighted by atomic mass is 15.2. The molecule has 1 aliphatic heterocycles. The molecule has 3 N–H and O–H groups in total. The van der Waals surface area contributed by atoms with E-state index in [1.165, 1.54) is 16.5 Å². The zero-order valence-electron chi connectivity index (χ0n) is 11.0. The number of aromatic amines is 1. The summed E-state index contributed by atoms with van der Waals surface area (Å²) in [7, 11) is 0. The molecule has 0 fully saturated rings. The molecule has 19 heavy (non-hydrogen) atoms. The number of nitrogens with zero attached hydrogens (tertiary/aromatic N) is 1. The molecule has 4 heteroatoms. The highest BCUT2D eigenvalue weighted by Crippen LogP contribution is 2.24. The fraction of sp³-hybridized carbons (Fsp3) is 0.267. The first-order valence-corrected chi connectivity index (χ1v) is 6.63. The summed E-state index contributed by atoms with van der Waals surface area (Å²) in [6, 6.07) is 6.43. The van der Waals surface area contributed by atoms with Crippen molar-refractivity contribution in [3.05, 3.63) is 42.1 Å². The predicted octanol–water partition coefficient (Wildman–Crippen LogP) is 2.66. The largest absolute Gasteiger partial charge is 0.361 e. The van der Waals surface area contributed by atoms with Gasteiger partial charge in [-0.05, 0) is 37.1 Å².